The monoisotopic (exact) mass is 318 g/mol. The van der Waals surface area contributed by atoms with Gasteiger partial charge in [0.1, 0.15) is 5.75 Å². The van der Waals surface area contributed by atoms with Gasteiger partial charge >= 0.3 is 10.1 Å². The summed E-state index contributed by atoms with van der Waals surface area (Å²) in [4.78, 5) is 3.78. The van der Waals surface area contributed by atoms with Crippen LogP contribution >= 0.6 is 0 Å². The quantitative estimate of drug-likeness (QED) is 0.740. The Balaban J connectivity index is 0.00000176. The molecule has 1 heterocycles. The molecule has 2 aromatic carbocycles. The predicted octanol–water partition coefficient (Wildman–Crippen LogP) is 3.27. The Morgan fingerprint density at radius 2 is 1.50 bits per heavy atom. The van der Waals surface area contributed by atoms with Gasteiger partial charge in [0.15, 0.2) is 12.2 Å². The highest BCUT2D eigenvalue weighted by Crippen LogP contribution is 2.28. The van der Waals surface area contributed by atoms with Crippen LogP contribution in [-0.2, 0) is 10.1 Å². The lowest BCUT2D eigenvalue weighted by molar-refractivity contribution is 0.482. The summed E-state index contributed by atoms with van der Waals surface area (Å²) in [6.45, 7) is 0. The van der Waals surface area contributed by atoms with Crippen molar-refractivity contribution in [1.82, 2.24) is 11.1 Å². The summed E-state index contributed by atoms with van der Waals surface area (Å²) in [6.07, 6.45) is 1.09. The van der Waals surface area contributed by atoms with Crippen molar-refractivity contribution in [2.75, 3.05) is 0 Å². The number of rotatable bonds is 4. The van der Waals surface area contributed by atoms with E-state index in [0.717, 1.165) is 6.39 Å². The normalized spacial score (nSPS) is 10.7. The molecule has 0 spiro atoms. The van der Waals surface area contributed by atoms with Crippen LogP contribution in [0.4, 0.5) is 0 Å². The molecule has 7 heteroatoms. The molecule has 3 N–H and O–H groups in total. The van der Waals surface area contributed by atoms with Crippen molar-refractivity contribution in [2.45, 2.75) is 5.03 Å². The van der Waals surface area contributed by atoms with Crippen LogP contribution in [0.3, 0.4) is 0 Å². The van der Waals surface area contributed by atoms with Crippen LogP contribution in [0, 0.1) is 0 Å². The lowest BCUT2D eigenvalue weighted by atomic mass is 10.2. The molecular formula is C15H14N2O4S. The third kappa shape index (κ3) is 3.16. The van der Waals surface area contributed by atoms with E-state index in [2.05, 4.69) is 4.98 Å². The standard InChI is InChI=1S/C15H11NO4S.H3N/c17-21(18,20-13-9-5-2-6-10-13)15-14(19-11-16-15)12-7-3-1-4-8-12;/h1-11H;1H3. The molecule has 0 amide bonds. The molecule has 22 heavy (non-hydrogen) atoms. The topological polar surface area (TPSA) is 104 Å². The van der Waals surface area contributed by atoms with E-state index in [1.807, 2.05) is 6.07 Å². The SMILES string of the molecule is N.O=S(=O)(Oc1ccccc1)c1ncoc1-c1ccccc1. The molecule has 0 atom stereocenters. The van der Waals surface area contributed by atoms with Gasteiger partial charge in [0.2, 0.25) is 5.03 Å². The maximum Gasteiger partial charge on any atom is 0.360 e. The Morgan fingerprint density at radius 3 is 2.14 bits per heavy atom. The van der Waals surface area contributed by atoms with E-state index in [0.29, 0.717) is 5.56 Å². The molecule has 0 saturated heterocycles. The molecule has 1 aromatic heterocycles. The van der Waals surface area contributed by atoms with Gasteiger partial charge in [-0.1, -0.05) is 48.5 Å². The first kappa shape index (κ1) is 15.7. The number of benzene rings is 2. The molecule has 3 aromatic rings. The van der Waals surface area contributed by atoms with Gasteiger partial charge in [-0.3, -0.25) is 0 Å². The van der Waals surface area contributed by atoms with Gasteiger partial charge in [-0.05, 0) is 12.1 Å². The summed E-state index contributed by atoms with van der Waals surface area (Å²) in [5.41, 5.74) is 0.616. The second kappa shape index (κ2) is 6.42. The fourth-order valence-electron chi connectivity index (χ4n) is 1.84. The second-order valence-electron chi connectivity index (χ2n) is 4.20. The molecule has 6 nitrogen and oxygen atoms in total. The van der Waals surface area contributed by atoms with Crippen molar-refractivity contribution in [1.29, 1.82) is 0 Å². The van der Waals surface area contributed by atoms with Crippen molar-refractivity contribution in [3.8, 4) is 17.1 Å². The van der Waals surface area contributed by atoms with Crippen LogP contribution in [0.2, 0.25) is 0 Å². The minimum absolute atomic E-state index is 0. The molecule has 0 aliphatic rings. The van der Waals surface area contributed by atoms with Crippen LogP contribution in [0.15, 0.2) is 76.5 Å². The molecule has 0 fully saturated rings. The van der Waals surface area contributed by atoms with Gasteiger partial charge in [-0.15, -0.1) is 0 Å². The molecule has 0 aliphatic carbocycles. The number of aromatic nitrogens is 1. The Bertz CT molecular complexity index is 830. The molecule has 0 bridgehead atoms. The molecule has 0 aliphatic heterocycles. The van der Waals surface area contributed by atoms with Crippen molar-refractivity contribution >= 4 is 10.1 Å². The van der Waals surface area contributed by atoms with Crippen molar-refractivity contribution in [3.05, 3.63) is 67.1 Å². The minimum Gasteiger partial charge on any atom is -0.442 e. The average molecular weight is 318 g/mol. The van der Waals surface area contributed by atoms with Crippen LogP contribution in [0.1, 0.15) is 0 Å². The van der Waals surface area contributed by atoms with Crippen molar-refractivity contribution in [2.24, 2.45) is 0 Å². The van der Waals surface area contributed by atoms with E-state index in [-0.39, 0.29) is 22.7 Å². The number of nitrogens with zero attached hydrogens (tertiary/aromatic N) is 1. The minimum atomic E-state index is -4.05. The first-order valence-corrected chi connectivity index (χ1v) is 7.56. The molecule has 0 unspecified atom stereocenters. The van der Waals surface area contributed by atoms with Gasteiger partial charge in [0.05, 0.1) is 0 Å². The third-order valence-corrected chi connectivity index (χ3v) is 3.93. The molecule has 114 valence electrons. The number of hydrogen-bond donors (Lipinski definition) is 1. The number of hydrogen-bond acceptors (Lipinski definition) is 6. The summed E-state index contributed by atoms with van der Waals surface area (Å²) < 4.78 is 34.9. The zero-order valence-corrected chi connectivity index (χ0v) is 12.4. The zero-order chi connectivity index (χ0) is 14.7. The Kier molecular flexibility index (Phi) is 4.59. The maximum absolute atomic E-state index is 12.3. The first-order valence-electron chi connectivity index (χ1n) is 6.15. The molecule has 0 radical (unpaired) electrons. The second-order valence-corrected chi connectivity index (χ2v) is 5.66. The Labute approximate surface area is 128 Å². The van der Waals surface area contributed by atoms with E-state index in [4.69, 9.17) is 8.60 Å². The predicted molar refractivity (Wildman–Crippen MR) is 81.2 cm³/mol. The fraction of sp³-hybridized carbons (Fsp3) is 0. The van der Waals surface area contributed by atoms with E-state index in [1.165, 1.54) is 0 Å². The van der Waals surface area contributed by atoms with Crippen molar-refractivity contribution < 1.29 is 17.0 Å². The van der Waals surface area contributed by atoms with Crippen molar-refractivity contribution in [3.63, 3.8) is 0 Å². The van der Waals surface area contributed by atoms with Crippen LogP contribution in [-0.4, -0.2) is 13.4 Å². The van der Waals surface area contributed by atoms with E-state index in [9.17, 15) is 8.42 Å². The Hall–Kier alpha value is -2.64. The van der Waals surface area contributed by atoms with Crippen LogP contribution < -0.4 is 10.3 Å². The van der Waals surface area contributed by atoms with Gasteiger partial charge in [-0.2, -0.15) is 8.42 Å². The smallest absolute Gasteiger partial charge is 0.360 e. The lowest BCUT2D eigenvalue weighted by Crippen LogP contribution is -2.11. The summed E-state index contributed by atoms with van der Waals surface area (Å²) >= 11 is 0. The van der Waals surface area contributed by atoms with Gasteiger partial charge in [0.25, 0.3) is 0 Å². The van der Waals surface area contributed by atoms with Gasteiger partial charge < -0.3 is 14.8 Å². The lowest BCUT2D eigenvalue weighted by Gasteiger charge is -2.05. The van der Waals surface area contributed by atoms with E-state index < -0.39 is 10.1 Å². The maximum atomic E-state index is 12.3. The molecule has 3 rings (SSSR count). The summed E-state index contributed by atoms with van der Waals surface area (Å²) in [5, 5.41) is -0.238. The van der Waals surface area contributed by atoms with Gasteiger partial charge in [-0.25, -0.2) is 4.98 Å². The van der Waals surface area contributed by atoms with Gasteiger partial charge in [0, 0.05) is 5.56 Å². The third-order valence-electron chi connectivity index (χ3n) is 2.76. The van der Waals surface area contributed by atoms with E-state index >= 15 is 0 Å². The largest absolute Gasteiger partial charge is 0.442 e. The zero-order valence-electron chi connectivity index (χ0n) is 11.5. The summed E-state index contributed by atoms with van der Waals surface area (Å²) in [6, 6.07) is 17.1. The molecular weight excluding hydrogens is 304 g/mol. The highest BCUT2D eigenvalue weighted by Gasteiger charge is 2.26. The summed E-state index contributed by atoms with van der Waals surface area (Å²) in [5.74, 6) is 0.381. The van der Waals surface area contributed by atoms with E-state index in [1.54, 1.807) is 54.6 Å². The average Bonchev–Trinajstić information content (AvgIpc) is 2.99. The van der Waals surface area contributed by atoms with Crippen LogP contribution in [0.25, 0.3) is 11.3 Å². The Morgan fingerprint density at radius 1 is 0.909 bits per heavy atom. The van der Waals surface area contributed by atoms with Crippen LogP contribution in [0.5, 0.6) is 5.75 Å². The summed E-state index contributed by atoms with van der Waals surface area (Å²) in [7, 11) is -4.05. The fourth-order valence-corrected chi connectivity index (χ4v) is 2.85. The first-order chi connectivity index (χ1) is 10.2. The highest BCUT2D eigenvalue weighted by molar-refractivity contribution is 7.87. The highest BCUT2D eigenvalue weighted by atomic mass is 32.2. The number of oxazole rings is 1. The number of para-hydroxylation sites is 1. The molecule has 0 saturated carbocycles.